The molecule has 0 bridgehead atoms. The van der Waals surface area contributed by atoms with E-state index in [2.05, 4.69) is 15.3 Å². The van der Waals surface area contributed by atoms with Gasteiger partial charge in [-0.05, 0) is 43.3 Å². The number of alkyl halides is 3. The van der Waals surface area contributed by atoms with Crippen LogP contribution in [0.4, 0.5) is 41.1 Å². The Morgan fingerprint density at radius 1 is 1.03 bits per heavy atom. The van der Waals surface area contributed by atoms with Gasteiger partial charge in [0, 0.05) is 23.7 Å². The Balaban J connectivity index is 1.79. The summed E-state index contributed by atoms with van der Waals surface area (Å²) in [5, 5.41) is 2.12. The number of urea groups is 1. The number of hydrogen-bond acceptors (Lipinski definition) is 6. The van der Waals surface area contributed by atoms with Crippen molar-refractivity contribution >= 4 is 39.0 Å². The van der Waals surface area contributed by atoms with E-state index in [-0.39, 0.29) is 23.2 Å². The van der Waals surface area contributed by atoms with Crippen LogP contribution in [-0.4, -0.2) is 43.4 Å². The highest BCUT2D eigenvalue weighted by Crippen LogP contribution is 2.36. The minimum Gasteiger partial charge on any atom is -0.345 e. The molecule has 0 unspecified atom stereocenters. The van der Waals surface area contributed by atoms with E-state index in [1.807, 2.05) is 19.1 Å². The summed E-state index contributed by atoms with van der Waals surface area (Å²) in [4.78, 5) is 24.5. The summed E-state index contributed by atoms with van der Waals surface area (Å²) in [7, 11) is -3.47. The normalized spacial score (nSPS) is 14.2. The number of nitrogens with one attached hydrogen (secondary N) is 1. The van der Waals surface area contributed by atoms with Crippen molar-refractivity contribution in [2.75, 3.05) is 27.9 Å². The lowest BCUT2D eigenvalue weighted by Gasteiger charge is -2.36. The number of hydrogen-bond donors (Lipinski definition) is 1. The lowest BCUT2D eigenvalue weighted by molar-refractivity contribution is -0.115. The van der Waals surface area contributed by atoms with Gasteiger partial charge in [0.2, 0.25) is 5.95 Å². The predicted octanol–water partition coefficient (Wildman–Crippen LogP) is 4.44. The molecule has 1 aromatic heterocycles. The molecule has 0 spiro atoms. The second-order valence-electron chi connectivity index (χ2n) is 7.82. The van der Waals surface area contributed by atoms with Gasteiger partial charge in [0.05, 0.1) is 17.1 Å². The van der Waals surface area contributed by atoms with Gasteiger partial charge in [-0.15, -0.1) is 0 Å². The molecule has 4 rings (SSSR count). The van der Waals surface area contributed by atoms with Gasteiger partial charge in [0.15, 0.2) is 15.7 Å². The Labute approximate surface area is 194 Å². The van der Waals surface area contributed by atoms with Crippen LogP contribution in [0.5, 0.6) is 0 Å². The number of amides is 2. The molecule has 0 radical (unpaired) electrons. The Hall–Kier alpha value is -3.67. The second kappa shape index (κ2) is 8.60. The molecule has 178 valence electrons. The van der Waals surface area contributed by atoms with Crippen LogP contribution in [0, 0.1) is 6.92 Å². The topological polar surface area (TPSA) is 95.5 Å². The minimum atomic E-state index is -4.47. The quantitative estimate of drug-likeness (QED) is 0.567. The Morgan fingerprint density at radius 2 is 1.65 bits per heavy atom. The zero-order valence-corrected chi connectivity index (χ0v) is 19.0. The first-order chi connectivity index (χ1) is 15.9. The molecule has 0 atom stereocenters. The van der Waals surface area contributed by atoms with E-state index >= 15 is 0 Å². The van der Waals surface area contributed by atoms with Gasteiger partial charge < -0.3 is 5.32 Å². The molecule has 12 heteroatoms. The van der Waals surface area contributed by atoms with Gasteiger partial charge in [0.1, 0.15) is 6.54 Å². The number of aryl methyl sites for hydroxylation is 1. The summed E-state index contributed by atoms with van der Waals surface area (Å²) in [5.41, 5.74) is 2.42. The number of carbonyl (C=O) groups is 1. The summed E-state index contributed by atoms with van der Waals surface area (Å²) >= 11 is 0. The average Bonchev–Trinajstić information content (AvgIpc) is 2.77. The summed E-state index contributed by atoms with van der Waals surface area (Å²) in [6.45, 7) is 0.684. The number of rotatable bonds is 5. The molecule has 34 heavy (non-hydrogen) atoms. The van der Waals surface area contributed by atoms with Gasteiger partial charge in [-0.3, -0.25) is 4.90 Å². The number of anilines is 4. The second-order valence-corrected chi connectivity index (χ2v) is 9.83. The van der Waals surface area contributed by atoms with Crippen LogP contribution in [0.15, 0.2) is 59.6 Å². The summed E-state index contributed by atoms with van der Waals surface area (Å²) < 4.78 is 61.6. The number of carbonyl (C=O) groups excluding carboxylic acids is 1. The molecule has 2 aromatic carbocycles. The molecule has 1 aliphatic rings. The molecule has 2 heterocycles. The first-order valence-electron chi connectivity index (χ1n) is 10.1. The highest BCUT2D eigenvalue weighted by Gasteiger charge is 2.35. The zero-order chi connectivity index (χ0) is 24.7. The van der Waals surface area contributed by atoms with Crippen LogP contribution in [-0.2, 0) is 16.4 Å². The smallest absolute Gasteiger partial charge is 0.345 e. The molecular formula is C22H20F3N5O3S. The predicted molar refractivity (Wildman–Crippen MR) is 121 cm³/mol. The van der Waals surface area contributed by atoms with Crippen LogP contribution in [0.3, 0.4) is 0 Å². The van der Waals surface area contributed by atoms with E-state index in [1.54, 1.807) is 12.1 Å². The van der Waals surface area contributed by atoms with Crippen molar-refractivity contribution in [1.82, 2.24) is 9.97 Å². The standard InChI is InChI=1S/C22H20F3N5O3S/c1-14-3-5-16(6-4-14)29-12-15-11-26-20(27-13-22(23,24)25)28-19(15)30(21(29)31)17-7-9-18(10-8-17)34(2,32)33/h3-11H,12-13H2,1-2H3,(H,26,27,28). The van der Waals surface area contributed by atoms with Crippen molar-refractivity contribution in [2.24, 2.45) is 0 Å². The van der Waals surface area contributed by atoms with Crippen molar-refractivity contribution in [3.63, 3.8) is 0 Å². The van der Waals surface area contributed by atoms with Crippen molar-refractivity contribution in [3.8, 4) is 0 Å². The third-order valence-electron chi connectivity index (χ3n) is 5.12. The highest BCUT2D eigenvalue weighted by molar-refractivity contribution is 7.90. The van der Waals surface area contributed by atoms with E-state index < -0.39 is 28.6 Å². The Bertz CT molecular complexity index is 1330. The van der Waals surface area contributed by atoms with E-state index in [1.165, 1.54) is 40.3 Å². The Kier molecular flexibility index (Phi) is 5.94. The highest BCUT2D eigenvalue weighted by atomic mass is 32.2. The summed E-state index contributed by atoms with van der Waals surface area (Å²) in [5.74, 6) is -0.175. The molecule has 2 amide bonds. The molecule has 1 N–H and O–H groups in total. The largest absolute Gasteiger partial charge is 0.405 e. The maximum absolute atomic E-state index is 13.6. The lowest BCUT2D eigenvalue weighted by Crippen LogP contribution is -2.45. The fourth-order valence-electron chi connectivity index (χ4n) is 3.42. The van der Waals surface area contributed by atoms with Gasteiger partial charge in [-0.1, -0.05) is 17.7 Å². The molecule has 0 saturated heterocycles. The van der Waals surface area contributed by atoms with Gasteiger partial charge in [-0.2, -0.15) is 18.2 Å². The molecule has 0 fully saturated rings. The van der Waals surface area contributed by atoms with Crippen LogP contribution in [0.2, 0.25) is 0 Å². The van der Waals surface area contributed by atoms with Gasteiger partial charge >= 0.3 is 12.2 Å². The van der Waals surface area contributed by atoms with Crippen LogP contribution < -0.4 is 15.1 Å². The van der Waals surface area contributed by atoms with Gasteiger partial charge in [-0.25, -0.2) is 23.1 Å². The number of benzene rings is 2. The number of sulfone groups is 1. The summed E-state index contributed by atoms with van der Waals surface area (Å²) in [6.07, 6.45) is -2.04. The number of fused-ring (bicyclic) bond motifs is 1. The summed E-state index contributed by atoms with van der Waals surface area (Å²) in [6, 6.07) is 12.4. The first-order valence-corrected chi connectivity index (χ1v) is 12.0. The number of nitrogens with zero attached hydrogens (tertiary/aromatic N) is 4. The molecular weight excluding hydrogens is 471 g/mol. The number of halogens is 3. The van der Waals surface area contributed by atoms with Crippen LogP contribution >= 0.6 is 0 Å². The van der Waals surface area contributed by atoms with Crippen LogP contribution in [0.25, 0.3) is 0 Å². The van der Waals surface area contributed by atoms with Crippen molar-refractivity contribution < 1.29 is 26.4 Å². The van der Waals surface area contributed by atoms with Crippen molar-refractivity contribution in [3.05, 3.63) is 65.9 Å². The monoisotopic (exact) mass is 491 g/mol. The maximum atomic E-state index is 13.6. The molecule has 0 saturated carbocycles. The first kappa shape index (κ1) is 23.5. The SMILES string of the molecule is Cc1ccc(N2Cc3cnc(NCC(F)(F)F)nc3N(c3ccc(S(C)(=O)=O)cc3)C2=O)cc1. The molecule has 0 aliphatic carbocycles. The molecule has 1 aliphatic heterocycles. The fraction of sp³-hybridized carbons (Fsp3) is 0.227. The fourth-order valence-corrected chi connectivity index (χ4v) is 4.05. The third-order valence-corrected chi connectivity index (χ3v) is 6.25. The average molecular weight is 491 g/mol. The van der Waals surface area contributed by atoms with Crippen molar-refractivity contribution in [2.45, 2.75) is 24.5 Å². The van der Waals surface area contributed by atoms with E-state index in [4.69, 9.17) is 0 Å². The van der Waals surface area contributed by atoms with Crippen LogP contribution in [0.1, 0.15) is 11.1 Å². The number of aromatic nitrogens is 2. The third kappa shape index (κ3) is 4.96. The van der Waals surface area contributed by atoms with E-state index in [0.29, 0.717) is 16.9 Å². The zero-order valence-electron chi connectivity index (χ0n) is 18.2. The Morgan fingerprint density at radius 3 is 2.24 bits per heavy atom. The molecule has 3 aromatic rings. The van der Waals surface area contributed by atoms with E-state index in [9.17, 15) is 26.4 Å². The van der Waals surface area contributed by atoms with Gasteiger partial charge in [0.25, 0.3) is 0 Å². The lowest BCUT2D eigenvalue weighted by atomic mass is 10.1. The minimum absolute atomic E-state index is 0.0616. The van der Waals surface area contributed by atoms with Crippen molar-refractivity contribution in [1.29, 1.82) is 0 Å². The maximum Gasteiger partial charge on any atom is 0.405 e. The van der Waals surface area contributed by atoms with E-state index in [0.717, 1.165) is 11.8 Å². The molecule has 8 nitrogen and oxygen atoms in total.